The molecule has 2 heterocycles. The number of ketones is 1. The van der Waals surface area contributed by atoms with Crippen LogP contribution in [0.2, 0.25) is 0 Å². The maximum Gasteiger partial charge on any atom is 0.251 e. The molecule has 0 saturated heterocycles. The Morgan fingerprint density at radius 2 is 1.90 bits per heavy atom. The van der Waals surface area contributed by atoms with Crippen molar-refractivity contribution in [2.75, 3.05) is 12.4 Å². The highest BCUT2D eigenvalue weighted by molar-refractivity contribution is 6.02. The monoisotopic (exact) mass is 285 g/mol. The molecule has 1 N–H and O–H groups in total. The first-order chi connectivity index (χ1) is 9.99. The fraction of sp³-hybridized carbons (Fsp3) is 0.467. The van der Waals surface area contributed by atoms with Crippen molar-refractivity contribution in [3.8, 4) is 5.95 Å². The first-order valence-electron chi connectivity index (χ1n) is 7.15. The molecule has 21 heavy (non-hydrogen) atoms. The molecule has 0 amide bonds. The molecule has 0 saturated carbocycles. The molecule has 6 heteroatoms. The minimum absolute atomic E-state index is 0.142. The zero-order valence-electron chi connectivity index (χ0n) is 12.8. The number of Topliss-reactive ketones (excluding diaryl/α,β-unsaturated/α-hetero) is 1. The number of aryl methyl sites for hydroxylation is 2. The molecule has 2 aromatic heterocycles. The highest BCUT2D eigenvalue weighted by atomic mass is 16.1. The molecule has 3 rings (SSSR count). The largest absolute Gasteiger partial charge is 0.371 e. The molecular weight excluding hydrogens is 266 g/mol. The number of anilines is 1. The van der Waals surface area contributed by atoms with Gasteiger partial charge in [-0.3, -0.25) is 4.79 Å². The summed E-state index contributed by atoms with van der Waals surface area (Å²) in [5.41, 5.74) is 3.39. The summed E-state index contributed by atoms with van der Waals surface area (Å²) < 4.78 is 1.72. The average molecular weight is 285 g/mol. The van der Waals surface area contributed by atoms with E-state index >= 15 is 0 Å². The van der Waals surface area contributed by atoms with Crippen LogP contribution in [-0.4, -0.2) is 32.6 Å². The van der Waals surface area contributed by atoms with E-state index in [1.54, 1.807) is 11.7 Å². The van der Waals surface area contributed by atoms with Gasteiger partial charge in [-0.1, -0.05) is 6.92 Å². The number of hydrogen-bond acceptors (Lipinski definition) is 5. The van der Waals surface area contributed by atoms with Crippen LogP contribution in [0.1, 0.15) is 40.8 Å². The lowest BCUT2D eigenvalue weighted by atomic mass is 9.88. The summed E-state index contributed by atoms with van der Waals surface area (Å²) in [6.45, 7) is 5.95. The van der Waals surface area contributed by atoms with Gasteiger partial charge in [-0.25, -0.2) is 14.6 Å². The molecule has 0 spiro atoms. The second-order valence-electron chi connectivity index (χ2n) is 5.72. The van der Waals surface area contributed by atoms with Gasteiger partial charge in [0.15, 0.2) is 11.6 Å². The van der Waals surface area contributed by atoms with Gasteiger partial charge in [0.1, 0.15) is 0 Å². The third kappa shape index (κ3) is 2.30. The number of rotatable bonds is 2. The third-order valence-corrected chi connectivity index (χ3v) is 3.73. The standard InChI is InChI=1S/C15H19N5O/c1-8-5-11-13(12(21)6-8)14(16-4)19-20(11)15-17-9(2)7-10(3)18-15/h7-8H,5-6H2,1-4H3,(H,16,19). The van der Waals surface area contributed by atoms with Crippen molar-refractivity contribution in [2.24, 2.45) is 5.92 Å². The third-order valence-electron chi connectivity index (χ3n) is 3.73. The van der Waals surface area contributed by atoms with Gasteiger partial charge in [-0.15, -0.1) is 5.10 Å². The molecule has 0 aromatic carbocycles. The summed E-state index contributed by atoms with van der Waals surface area (Å²) in [6.07, 6.45) is 1.38. The molecule has 1 atom stereocenters. The smallest absolute Gasteiger partial charge is 0.251 e. The molecule has 2 aromatic rings. The van der Waals surface area contributed by atoms with Crippen LogP contribution in [-0.2, 0) is 6.42 Å². The highest BCUT2D eigenvalue weighted by Gasteiger charge is 2.31. The van der Waals surface area contributed by atoms with E-state index in [2.05, 4.69) is 27.3 Å². The van der Waals surface area contributed by atoms with E-state index in [0.717, 1.165) is 23.5 Å². The molecule has 0 bridgehead atoms. The lowest BCUT2D eigenvalue weighted by Crippen LogP contribution is -2.20. The Balaban J connectivity index is 2.22. The molecule has 0 radical (unpaired) electrons. The Morgan fingerprint density at radius 1 is 1.24 bits per heavy atom. The molecule has 0 fully saturated rings. The lowest BCUT2D eigenvalue weighted by molar-refractivity contribution is 0.0953. The van der Waals surface area contributed by atoms with Gasteiger partial charge in [-0.05, 0) is 32.3 Å². The Labute approximate surface area is 123 Å². The molecule has 0 aliphatic heterocycles. The van der Waals surface area contributed by atoms with Gasteiger partial charge in [0.05, 0.1) is 11.3 Å². The van der Waals surface area contributed by atoms with Crippen LogP contribution in [0.25, 0.3) is 5.95 Å². The molecule has 1 aliphatic rings. The number of carbonyl (C=O) groups excluding carboxylic acids is 1. The van der Waals surface area contributed by atoms with Gasteiger partial charge in [0, 0.05) is 24.9 Å². The van der Waals surface area contributed by atoms with Crippen LogP contribution in [0.4, 0.5) is 5.82 Å². The zero-order chi connectivity index (χ0) is 15.1. The van der Waals surface area contributed by atoms with Crippen molar-refractivity contribution in [3.05, 3.63) is 28.7 Å². The van der Waals surface area contributed by atoms with Gasteiger partial charge in [-0.2, -0.15) is 0 Å². The minimum Gasteiger partial charge on any atom is -0.371 e. The fourth-order valence-corrected chi connectivity index (χ4v) is 2.90. The average Bonchev–Trinajstić information content (AvgIpc) is 2.76. The molecular formula is C15H19N5O. The van der Waals surface area contributed by atoms with E-state index in [-0.39, 0.29) is 5.78 Å². The number of fused-ring (bicyclic) bond motifs is 1. The summed E-state index contributed by atoms with van der Waals surface area (Å²) in [5.74, 6) is 1.61. The Kier molecular flexibility index (Phi) is 3.23. The molecule has 1 aliphatic carbocycles. The van der Waals surface area contributed by atoms with Crippen molar-refractivity contribution in [3.63, 3.8) is 0 Å². The Bertz CT molecular complexity index is 699. The fourth-order valence-electron chi connectivity index (χ4n) is 2.90. The second kappa shape index (κ2) is 4.95. The molecule has 110 valence electrons. The summed E-state index contributed by atoms with van der Waals surface area (Å²) in [4.78, 5) is 21.2. The topological polar surface area (TPSA) is 72.7 Å². The van der Waals surface area contributed by atoms with E-state index in [1.165, 1.54) is 0 Å². The summed E-state index contributed by atoms with van der Waals surface area (Å²) >= 11 is 0. The van der Waals surface area contributed by atoms with Crippen LogP contribution in [0.15, 0.2) is 6.07 Å². The lowest BCUT2D eigenvalue weighted by Gasteiger charge is -2.18. The van der Waals surface area contributed by atoms with Gasteiger partial charge >= 0.3 is 0 Å². The Morgan fingerprint density at radius 3 is 2.52 bits per heavy atom. The Hall–Kier alpha value is -2.24. The summed E-state index contributed by atoms with van der Waals surface area (Å²) in [6, 6.07) is 1.92. The molecule has 6 nitrogen and oxygen atoms in total. The van der Waals surface area contributed by atoms with E-state index in [9.17, 15) is 4.79 Å². The number of aromatic nitrogens is 4. The van der Waals surface area contributed by atoms with Crippen molar-refractivity contribution in [1.82, 2.24) is 19.7 Å². The van der Waals surface area contributed by atoms with Gasteiger partial charge < -0.3 is 5.32 Å². The quantitative estimate of drug-likeness (QED) is 0.914. The predicted octanol–water partition coefficient (Wildman–Crippen LogP) is 2.09. The van der Waals surface area contributed by atoms with Crippen LogP contribution < -0.4 is 5.32 Å². The first-order valence-corrected chi connectivity index (χ1v) is 7.15. The van der Waals surface area contributed by atoms with Crippen LogP contribution in [0, 0.1) is 19.8 Å². The van der Waals surface area contributed by atoms with Crippen LogP contribution >= 0.6 is 0 Å². The van der Waals surface area contributed by atoms with Crippen molar-refractivity contribution in [2.45, 2.75) is 33.6 Å². The van der Waals surface area contributed by atoms with E-state index in [1.807, 2.05) is 19.9 Å². The van der Waals surface area contributed by atoms with Crippen molar-refractivity contribution >= 4 is 11.6 Å². The van der Waals surface area contributed by atoms with E-state index < -0.39 is 0 Å². The van der Waals surface area contributed by atoms with Crippen molar-refractivity contribution in [1.29, 1.82) is 0 Å². The summed E-state index contributed by atoms with van der Waals surface area (Å²) in [7, 11) is 1.78. The number of carbonyl (C=O) groups is 1. The zero-order valence-corrected chi connectivity index (χ0v) is 12.8. The summed E-state index contributed by atoms with van der Waals surface area (Å²) in [5, 5.41) is 7.52. The second-order valence-corrected chi connectivity index (χ2v) is 5.72. The minimum atomic E-state index is 0.142. The number of hydrogen-bond donors (Lipinski definition) is 1. The van der Waals surface area contributed by atoms with Crippen LogP contribution in [0.3, 0.4) is 0 Å². The maximum atomic E-state index is 12.3. The first kappa shape index (κ1) is 13.7. The van der Waals surface area contributed by atoms with Gasteiger partial charge in [0.2, 0.25) is 0 Å². The highest BCUT2D eigenvalue weighted by Crippen LogP contribution is 2.31. The maximum absolute atomic E-state index is 12.3. The molecule has 1 unspecified atom stereocenters. The number of nitrogens with one attached hydrogen (secondary N) is 1. The van der Waals surface area contributed by atoms with Crippen molar-refractivity contribution < 1.29 is 4.79 Å². The van der Waals surface area contributed by atoms with Gasteiger partial charge in [0.25, 0.3) is 5.95 Å². The predicted molar refractivity (Wildman–Crippen MR) is 80.0 cm³/mol. The van der Waals surface area contributed by atoms with E-state index in [4.69, 9.17) is 0 Å². The van der Waals surface area contributed by atoms with E-state index in [0.29, 0.717) is 29.7 Å². The SMILES string of the molecule is CNc1nn(-c2nc(C)cc(C)n2)c2c1C(=O)CC(C)C2. The number of nitrogens with zero attached hydrogens (tertiary/aromatic N) is 4. The normalized spacial score (nSPS) is 17.7. The van der Waals surface area contributed by atoms with Crippen LogP contribution in [0.5, 0.6) is 0 Å².